The summed E-state index contributed by atoms with van der Waals surface area (Å²) in [6, 6.07) is 48.8. The number of anilines is 4. The molecule has 7 aromatic rings. The van der Waals surface area contributed by atoms with Crippen molar-refractivity contribution in [3.05, 3.63) is 178 Å². The molecule has 3 N–H and O–H groups in total. The number of carboxylic acid groups (broad SMARTS) is 1. The lowest BCUT2D eigenvalue weighted by Gasteiger charge is -2.32. The van der Waals surface area contributed by atoms with Gasteiger partial charge >= 0.3 is 17.9 Å². The number of aliphatic carboxylic acids is 1. The van der Waals surface area contributed by atoms with E-state index in [1.807, 2.05) is 127 Å². The highest BCUT2D eigenvalue weighted by Gasteiger charge is 2.31. The monoisotopic (exact) mass is 1510 g/mol. The van der Waals surface area contributed by atoms with Gasteiger partial charge in [0.1, 0.15) is 53.3 Å². The first-order valence-corrected chi connectivity index (χ1v) is 39.0. The maximum Gasteiger partial charge on any atom is 0.308 e. The number of H-pyrrole nitrogens is 1. The molecule has 3 aliphatic carbocycles. The number of carbonyl (C=O) groups is 3. The summed E-state index contributed by atoms with van der Waals surface area (Å²) >= 11 is 3.30. The van der Waals surface area contributed by atoms with Gasteiger partial charge in [-0.3, -0.25) is 23.4 Å². The van der Waals surface area contributed by atoms with Crippen LogP contribution in [0.5, 0.6) is 23.5 Å². The number of esters is 2. The standard InChI is InChI=1S/C16H22N2O3.C15H20N2O3.C15H16N2O.C12H10BrNO.C9H16O5S.C8H10N2O.C3H7N/c1-20-16(19)12-6-8-13(9-7-12)21-15-5-2-4-14(17-15)18-10-3-11-18;18-15(19)11-5-7-12(8-6-11)20-14-4-1-3-13(16-14)17-9-2-10-17;1-2-6-13(7-3-1)12-18-15-9-4-8-14(16-15)17-10-5-11-17;13-11-7-4-8-12(14-11)15-9-10-5-2-1-3-6-10;1-13-9(10)7-3-5-8(6-4-7)14-15(2,11)12;11-8-4-1-3-7(9-8)10-5-2-6-10;1-2-4-3-1/h2,4-5,12-13H,3,6-11H2,1H3;1,3-4,11-12H,2,5-10H2,(H,18,19);1-4,6-9H,5,10-12H2;1-8H,9H2;7-8H,3-6H2,1-2H3;1,3-4H,2,5-6H2,(H,9,11);4H,1-3H2. The minimum Gasteiger partial charge on any atom is -0.481 e. The molecule has 3 saturated carbocycles. The molecule has 15 rings (SSSR count). The molecule has 8 aliphatic rings. The van der Waals surface area contributed by atoms with Crippen LogP contribution in [0.2, 0.25) is 0 Å². The molecular formula is C78H101BrN10O14S. The fourth-order valence-corrected chi connectivity index (χ4v) is 13.1. The average Bonchev–Trinajstić information content (AvgIpc) is 0.844. The first kappa shape index (κ1) is 79.3. The van der Waals surface area contributed by atoms with Crippen LogP contribution < -0.4 is 49.4 Å². The van der Waals surface area contributed by atoms with Gasteiger partial charge in [-0.15, -0.1) is 0 Å². The Kier molecular flexibility index (Phi) is 32.2. The zero-order chi connectivity index (χ0) is 73.3. The van der Waals surface area contributed by atoms with Crippen molar-refractivity contribution in [3.8, 4) is 23.5 Å². The second kappa shape index (κ2) is 42.2. The van der Waals surface area contributed by atoms with Gasteiger partial charge in [0, 0.05) is 82.7 Å². The fourth-order valence-electron chi connectivity index (χ4n) is 12.0. The second-order valence-electron chi connectivity index (χ2n) is 26.6. The van der Waals surface area contributed by atoms with Crippen molar-refractivity contribution < 1.29 is 60.5 Å². The first-order valence-electron chi connectivity index (χ1n) is 36.4. The molecule has 24 nitrogen and oxygen atoms in total. The smallest absolute Gasteiger partial charge is 0.308 e. The number of pyridine rings is 5. The molecule has 104 heavy (non-hydrogen) atoms. The number of aromatic nitrogens is 5. The maximum absolute atomic E-state index is 11.5. The first-order chi connectivity index (χ1) is 50.5. The number of aromatic amines is 1. The summed E-state index contributed by atoms with van der Waals surface area (Å²) in [4.78, 5) is 73.9. The molecule has 5 saturated heterocycles. The predicted molar refractivity (Wildman–Crippen MR) is 404 cm³/mol. The van der Waals surface area contributed by atoms with Crippen LogP contribution in [0.15, 0.2) is 161 Å². The molecule has 0 unspecified atom stereocenters. The molecule has 0 radical (unpaired) electrons. The molecule has 10 heterocycles. The third-order valence-electron chi connectivity index (χ3n) is 18.8. The van der Waals surface area contributed by atoms with Crippen LogP contribution in [-0.4, -0.2) is 161 Å². The van der Waals surface area contributed by atoms with Gasteiger partial charge in [-0.2, -0.15) is 23.4 Å². The SMILES string of the molecule is Brc1cccc(OCc2ccccc2)n1.C1CNC1.COC(=O)C1CCC(OS(C)(=O)=O)CC1.COC(=O)C1CCC(Oc2cccc(N3CCC3)n2)CC1.O=C(O)C1CCC(Oc2cccc(N3CCC3)n2)CC1.O=c1cccc(N2CCC2)[nH]1.c1ccc(COc2cccc(N3CCC3)n2)cc1. The highest BCUT2D eigenvalue weighted by Crippen LogP contribution is 2.32. The molecule has 560 valence electrons. The largest absolute Gasteiger partial charge is 0.481 e. The van der Waals surface area contributed by atoms with Crippen LogP contribution in [0.3, 0.4) is 0 Å². The van der Waals surface area contributed by atoms with Crippen molar-refractivity contribution in [2.24, 2.45) is 17.8 Å². The fraction of sp³-hybridized carbons (Fsp3) is 0.487. The minimum absolute atomic E-state index is 0.0191. The van der Waals surface area contributed by atoms with E-state index in [1.165, 1.54) is 65.5 Å². The summed E-state index contributed by atoms with van der Waals surface area (Å²) in [6.45, 7) is 12.3. The summed E-state index contributed by atoms with van der Waals surface area (Å²) in [7, 11) is -0.566. The van der Waals surface area contributed by atoms with E-state index in [9.17, 15) is 27.6 Å². The van der Waals surface area contributed by atoms with E-state index in [4.69, 9.17) is 33.0 Å². The normalized spacial score (nSPS) is 20.5. The molecule has 5 aliphatic heterocycles. The molecule has 0 spiro atoms. The minimum atomic E-state index is -3.38. The average molecular weight is 1510 g/mol. The van der Waals surface area contributed by atoms with Gasteiger partial charge in [0.15, 0.2) is 0 Å². The van der Waals surface area contributed by atoms with E-state index in [2.05, 4.69) is 82.6 Å². The number of halogens is 1. The Hall–Kier alpha value is -8.85. The van der Waals surface area contributed by atoms with Gasteiger partial charge in [0.05, 0.1) is 44.3 Å². The summed E-state index contributed by atoms with van der Waals surface area (Å²) in [5, 5.41) is 12.1. The van der Waals surface area contributed by atoms with Gasteiger partial charge in [-0.05, 0) is 180 Å². The van der Waals surface area contributed by atoms with Crippen molar-refractivity contribution in [3.63, 3.8) is 0 Å². The zero-order valence-electron chi connectivity index (χ0n) is 60.0. The number of rotatable bonds is 19. The van der Waals surface area contributed by atoms with Crippen LogP contribution in [-0.2, 0) is 51.4 Å². The number of ether oxygens (including phenoxy) is 6. The highest BCUT2D eigenvalue weighted by atomic mass is 79.9. The van der Waals surface area contributed by atoms with Crippen molar-refractivity contribution in [2.45, 2.75) is 141 Å². The molecule has 5 aromatic heterocycles. The van der Waals surface area contributed by atoms with Crippen LogP contribution in [0.25, 0.3) is 0 Å². The lowest BCUT2D eigenvalue weighted by atomic mass is 9.87. The van der Waals surface area contributed by atoms with Crippen LogP contribution in [0.1, 0.15) is 120 Å². The Morgan fingerprint density at radius 2 is 0.827 bits per heavy atom. The zero-order valence-corrected chi connectivity index (χ0v) is 62.4. The van der Waals surface area contributed by atoms with E-state index in [0.29, 0.717) is 75.3 Å². The number of hydrogen-bond acceptors (Lipinski definition) is 22. The Balaban J connectivity index is 0.000000144. The third kappa shape index (κ3) is 27.3. The van der Waals surface area contributed by atoms with E-state index in [1.54, 1.807) is 6.07 Å². The van der Waals surface area contributed by atoms with E-state index in [-0.39, 0.29) is 53.6 Å². The number of nitrogens with zero attached hydrogens (tertiary/aromatic N) is 8. The summed E-state index contributed by atoms with van der Waals surface area (Å²) in [6.07, 6.45) is 16.3. The van der Waals surface area contributed by atoms with Crippen LogP contribution >= 0.6 is 15.9 Å². The number of carbonyl (C=O) groups excluding carboxylic acids is 2. The predicted octanol–water partition coefficient (Wildman–Crippen LogP) is 12.3. The van der Waals surface area contributed by atoms with Crippen molar-refractivity contribution in [1.29, 1.82) is 0 Å². The number of hydrogen-bond donors (Lipinski definition) is 3. The summed E-state index contributed by atoms with van der Waals surface area (Å²) < 4.78 is 59.9. The molecule has 8 fully saturated rings. The van der Waals surface area contributed by atoms with Gasteiger partial charge in [-0.1, -0.05) is 91.0 Å². The van der Waals surface area contributed by atoms with Gasteiger partial charge in [0.2, 0.25) is 29.1 Å². The molecule has 26 heteroatoms. The Morgan fingerprint density at radius 1 is 0.462 bits per heavy atom. The number of carboxylic acids is 1. The van der Waals surface area contributed by atoms with Crippen molar-refractivity contribution >= 4 is 67.2 Å². The molecular weight excluding hydrogens is 1410 g/mol. The summed E-state index contributed by atoms with van der Waals surface area (Å²) in [5.74, 6) is 5.39. The van der Waals surface area contributed by atoms with Crippen molar-refractivity contribution in [1.82, 2.24) is 30.2 Å². The number of methoxy groups -OCH3 is 2. The molecule has 0 amide bonds. The lowest BCUT2D eigenvalue weighted by Crippen LogP contribution is -2.38. The Bertz CT molecular complexity index is 3880. The summed E-state index contributed by atoms with van der Waals surface area (Å²) in [5.41, 5.74) is 2.28. The van der Waals surface area contributed by atoms with Gasteiger partial charge < -0.3 is 63.4 Å². The van der Waals surface area contributed by atoms with E-state index in [0.717, 1.165) is 136 Å². The van der Waals surface area contributed by atoms with Gasteiger partial charge in [-0.25, -0.2) is 4.98 Å². The lowest BCUT2D eigenvalue weighted by molar-refractivity contribution is -0.147. The Labute approximate surface area is 619 Å². The number of nitrogens with one attached hydrogen (secondary N) is 2. The topological polar surface area (TPSA) is 280 Å². The Morgan fingerprint density at radius 3 is 1.18 bits per heavy atom. The second-order valence-corrected chi connectivity index (χ2v) is 29.0. The molecule has 2 aromatic carbocycles. The molecule has 0 bridgehead atoms. The quantitative estimate of drug-likeness (QED) is 0.0385. The van der Waals surface area contributed by atoms with E-state index < -0.39 is 16.1 Å². The maximum atomic E-state index is 11.5. The highest BCUT2D eigenvalue weighted by molar-refractivity contribution is 9.10. The van der Waals surface area contributed by atoms with Crippen LogP contribution in [0, 0.1) is 17.8 Å². The van der Waals surface area contributed by atoms with E-state index >= 15 is 0 Å². The third-order valence-corrected chi connectivity index (χ3v) is 19.9. The number of benzene rings is 2. The van der Waals surface area contributed by atoms with Gasteiger partial charge in [0.25, 0.3) is 10.1 Å². The van der Waals surface area contributed by atoms with Crippen molar-refractivity contribution in [2.75, 3.05) is 106 Å². The van der Waals surface area contributed by atoms with Crippen LogP contribution in [0.4, 0.5) is 23.3 Å². The molecule has 0 atom stereocenters.